The van der Waals surface area contributed by atoms with Crippen LogP contribution in [0.25, 0.3) is 0 Å². The van der Waals surface area contributed by atoms with Gasteiger partial charge in [-0.1, -0.05) is 25.4 Å². The Labute approximate surface area is 107 Å². The maximum absolute atomic E-state index is 13.2. The number of rotatable bonds is 2. The summed E-state index contributed by atoms with van der Waals surface area (Å²) < 4.78 is 13.2. The lowest BCUT2D eigenvalue weighted by Crippen LogP contribution is -2.30. The van der Waals surface area contributed by atoms with Gasteiger partial charge in [0, 0.05) is 16.8 Å². The number of anilines is 1. The Bertz CT molecular complexity index is 374. The van der Waals surface area contributed by atoms with E-state index in [1.165, 1.54) is 18.6 Å². The van der Waals surface area contributed by atoms with Crippen LogP contribution in [-0.4, -0.2) is 6.04 Å². The van der Waals surface area contributed by atoms with Gasteiger partial charge in [-0.3, -0.25) is 0 Å². The second kappa shape index (κ2) is 5.26. The third-order valence-electron chi connectivity index (χ3n) is 3.83. The summed E-state index contributed by atoms with van der Waals surface area (Å²) in [5.41, 5.74) is 0.793. The largest absolute Gasteiger partial charge is 0.382 e. The zero-order chi connectivity index (χ0) is 12.4. The Kier molecular flexibility index (Phi) is 3.93. The summed E-state index contributed by atoms with van der Waals surface area (Å²) in [6.07, 6.45) is 3.54. The topological polar surface area (TPSA) is 12.0 Å². The van der Waals surface area contributed by atoms with E-state index in [1.54, 1.807) is 6.07 Å². The summed E-state index contributed by atoms with van der Waals surface area (Å²) in [6, 6.07) is 5.07. The van der Waals surface area contributed by atoms with Gasteiger partial charge in [-0.15, -0.1) is 0 Å². The first-order valence-corrected chi connectivity index (χ1v) is 6.65. The Morgan fingerprint density at radius 1 is 1.18 bits per heavy atom. The maximum Gasteiger partial charge on any atom is 0.126 e. The van der Waals surface area contributed by atoms with E-state index in [0.29, 0.717) is 11.1 Å². The fourth-order valence-corrected chi connectivity index (χ4v) is 2.77. The van der Waals surface area contributed by atoms with Crippen molar-refractivity contribution in [3.8, 4) is 0 Å². The van der Waals surface area contributed by atoms with Crippen molar-refractivity contribution in [2.75, 3.05) is 5.32 Å². The van der Waals surface area contributed by atoms with Crippen molar-refractivity contribution in [3.05, 3.63) is 29.0 Å². The molecular weight excluding hydrogens is 237 g/mol. The monoisotopic (exact) mass is 255 g/mol. The highest BCUT2D eigenvalue weighted by Gasteiger charge is 2.24. The maximum atomic E-state index is 13.2. The molecule has 1 aliphatic rings. The van der Waals surface area contributed by atoms with Gasteiger partial charge >= 0.3 is 0 Å². The third-order valence-corrected chi connectivity index (χ3v) is 4.05. The van der Waals surface area contributed by atoms with E-state index in [1.807, 2.05) is 0 Å². The molecule has 1 fully saturated rings. The molecule has 1 aliphatic carbocycles. The van der Waals surface area contributed by atoms with Crippen LogP contribution >= 0.6 is 11.6 Å². The molecule has 1 aromatic rings. The van der Waals surface area contributed by atoms with E-state index in [-0.39, 0.29) is 5.82 Å². The first-order valence-electron chi connectivity index (χ1n) is 6.27. The van der Waals surface area contributed by atoms with Gasteiger partial charge in [0.25, 0.3) is 0 Å². The molecule has 0 radical (unpaired) electrons. The van der Waals surface area contributed by atoms with Crippen LogP contribution in [0.15, 0.2) is 18.2 Å². The molecule has 0 heterocycles. The fourth-order valence-electron chi connectivity index (χ4n) is 2.55. The lowest BCUT2D eigenvalue weighted by atomic mass is 9.79. The lowest BCUT2D eigenvalue weighted by Gasteiger charge is -2.33. The summed E-state index contributed by atoms with van der Waals surface area (Å²) in [4.78, 5) is 0. The molecule has 0 aliphatic heterocycles. The van der Waals surface area contributed by atoms with Crippen molar-refractivity contribution in [2.45, 2.75) is 39.2 Å². The minimum absolute atomic E-state index is 0.280. The predicted octanol–water partition coefficient (Wildman–Crippen LogP) is 4.72. The Hall–Kier alpha value is -0.760. The summed E-state index contributed by atoms with van der Waals surface area (Å²) in [5.74, 6) is 1.24. The van der Waals surface area contributed by atoms with Crippen LogP contribution in [0.1, 0.15) is 33.1 Å². The van der Waals surface area contributed by atoms with Crippen LogP contribution in [0.4, 0.5) is 10.1 Å². The number of nitrogens with one attached hydrogen (secondary N) is 1. The minimum atomic E-state index is -0.280. The lowest BCUT2D eigenvalue weighted by molar-refractivity contribution is 0.261. The first-order chi connectivity index (χ1) is 8.04. The van der Waals surface area contributed by atoms with E-state index in [2.05, 4.69) is 19.2 Å². The van der Waals surface area contributed by atoms with Crippen LogP contribution in [-0.2, 0) is 0 Å². The van der Waals surface area contributed by atoms with Gasteiger partial charge in [-0.2, -0.15) is 0 Å². The summed E-state index contributed by atoms with van der Waals surface area (Å²) in [5, 5.41) is 3.84. The molecule has 1 aromatic carbocycles. The average Bonchev–Trinajstić information content (AvgIpc) is 2.22. The highest BCUT2D eigenvalue weighted by molar-refractivity contribution is 6.30. The van der Waals surface area contributed by atoms with Gasteiger partial charge < -0.3 is 5.32 Å². The number of hydrogen-bond acceptors (Lipinski definition) is 1. The molecule has 3 heteroatoms. The zero-order valence-corrected chi connectivity index (χ0v) is 11.1. The van der Waals surface area contributed by atoms with Crippen molar-refractivity contribution in [1.82, 2.24) is 0 Å². The second-order valence-electron chi connectivity index (χ2n) is 5.27. The molecule has 0 spiro atoms. The van der Waals surface area contributed by atoms with Gasteiger partial charge in [0.2, 0.25) is 0 Å². The summed E-state index contributed by atoms with van der Waals surface area (Å²) in [6.45, 7) is 4.59. The zero-order valence-electron chi connectivity index (χ0n) is 10.3. The molecule has 1 N–H and O–H groups in total. The smallest absolute Gasteiger partial charge is 0.126 e. The number of halogens is 2. The molecule has 94 valence electrons. The van der Waals surface area contributed by atoms with Gasteiger partial charge in [0.15, 0.2) is 0 Å². The molecule has 3 atom stereocenters. The predicted molar refractivity (Wildman–Crippen MR) is 71.0 cm³/mol. The highest BCUT2D eigenvalue weighted by atomic mass is 35.5. The third kappa shape index (κ3) is 3.35. The van der Waals surface area contributed by atoms with Crippen LogP contribution < -0.4 is 5.32 Å². The summed E-state index contributed by atoms with van der Waals surface area (Å²) in [7, 11) is 0. The van der Waals surface area contributed by atoms with Crippen molar-refractivity contribution in [2.24, 2.45) is 11.8 Å². The molecule has 3 unspecified atom stereocenters. The molecule has 0 saturated heterocycles. The van der Waals surface area contributed by atoms with Crippen molar-refractivity contribution >= 4 is 17.3 Å². The van der Waals surface area contributed by atoms with E-state index < -0.39 is 0 Å². The minimum Gasteiger partial charge on any atom is -0.382 e. The molecule has 17 heavy (non-hydrogen) atoms. The Balaban J connectivity index is 2.01. The highest BCUT2D eigenvalue weighted by Crippen LogP contribution is 2.31. The van der Waals surface area contributed by atoms with Crippen molar-refractivity contribution < 1.29 is 4.39 Å². The molecule has 0 amide bonds. The Morgan fingerprint density at radius 3 is 2.59 bits per heavy atom. The first kappa shape index (κ1) is 12.7. The van der Waals surface area contributed by atoms with E-state index in [4.69, 9.17) is 11.6 Å². The Morgan fingerprint density at radius 2 is 1.94 bits per heavy atom. The van der Waals surface area contributed by atoms with Crippen LogP contribution in [0, 0.1) is 17.7 Å². The number of hydrogen-bond donors (Lipinski definition) is 1. The fraction of sp³-hybridized carbons (Fsp3) is 0.571. The molecule has 0 aromatic heterocycles. The van der Waals surface area contributed by atoms with Crippen molar-refractivity contribution in [1.29, 1.82) is 0 Å². The van der Waals surface area contributed by atoms with Gasteiger partial charge in [0.05, 0.1) is 0 Å². The van der Waals surface area contributed by atoms with Gasteiger partial charge in [-0.25, -0.2) is 4.39 Å². The normalized spacial score (nSPS) is 29.1. The molecule has 2 rings (SSSR count). The van der Waals surface area contributed by atoms with Crippen molar-refractivity contribution in [3.63, 3.8) is 0 Å². The van der Waals surface area contributed by atoms with Gasteiger partial charge in [-0.05, 0) is 49.3 Å². The molecular formula is C14H19ClFN. The van der Waals surface area contributed by atoms with Crippen LogP contribution in [0.3, 0.4) is 0 Å². The standard InChI is InChI=1S/C14H19ClFN/c1-9-3-4-13(5-10(9)2)17-14-7-11(15)6-12(16)8-14/h6-10,13,17H,3-5H2,1-2H3. The van der Waals surface area contributed by atoms with E-state index in [9.17, 15) is 4.39 Å². The second-order valence-corrected chi connectivity index (χ2v) is 5.70. The quantitative estimate of drug-likeness (QED) is 0.807. The van der Waals surface area contributed by atoms with Gasteiger partial charge in [0.1, 0.15) is 5.82 Å². The SMILES string of the molecule is CC1CCC(Nc2cc(F)cc(Cl)c2)CC1C. The van der Waals surface area contributed by atoms with Crippen LogP contribution in [0.2, 0.25) is 5.02 Å². The molecule has 1 saturated carbocycles. The average molecular weight is 256 g/mol. The van der Waals surface area contributed by atoms with E-state index in [0.717, 1.165) is 30.4 Å². The molecule has 0 bridgehead atoms. The van der Waals surface area contributed by atoms with Crippen LogP contribution in [0.5, 0.6) is 0 Å². The van der Waals surface area contributed by atoms with E-state index >= 15 is 0 Å². The summed E-state index contributed by atoms with van der Waals surface area (Å²) >= 11 is 5.84. The molecule has 1 nitrogen and oxygen atoms in total. The number of benzene rings is 1.